The van der Waals surface area contributed by atoms with E-state index in [0.717, 1.165) is 0 Å². The molecule has 1 N–H and O–H groups in total. The number of sulfonamides is 1. The van der Waals surface area contributed by atoms with E-state index in [1.807, 2.05) is 0 Å². The van der Waals surface area contributed by atoms with Crippen LogP contribution in [0.1, 0.15) is 18.9 Å². The monoisotopic (exact) mass is 408 g/mol. The van der Waals surface area contributed by atoms with Crippen LogP contribution in [0, 0.1) is 0 Å². The van der Waals surface area contributed by atoms with Crippen LogP contribution in [0.4, 0.5) is 0 Å². The number of carboxylic acid groups (broad SMARTS) is 1. The molecule has 1 atom stereocenters. The molecule has 1 fully saturated rings. The largest absolute Gasteiger partial charge is 0.481 e. The zero-order valence-electron chi connectivity index (χ0n) is 14.2. The first kappa shape index (κ1) is 20.5. The number of halogens is 2. The van der Waals surface area contributed by atoms with Gasteiger partial charge in [0.15, 0.2) is 0 Å². The van der Waals surface area contributed by atoms with Crippen molar-refractivity contribution in [2.24, 2.45) is 0 Å². The van der Waals surface area contributed by atoms with Crippen LogP contribution in [-0.4, -0.2) is 67.7 Å². The molecule has 1 aromatic carbocycles. The van der Waals surface area contributed by atoms with Gasteiger partial charge in [0.05, 0.1) is 21.7 Å². The Labute approximate surface area is 158 Å². The van der Waals surface area contributed by atoms with Crippen molar-refractivity contribution in [2.45, 2.75) is 18.8 Å². The van der Waals surface area contributed by atoms with Gasteiger partial charge < -0.3 is 10.0 Å². The first-order chi connectivity index (χ1) is 11.5. The molecule has 0 aliphatic carbocycles. The molecule has 1 aliphatic rings. The van der Waals surface area contributed by atoms with Crippen molar-refractivity contribution in [3.8, 4) is 0 Å². The van der Waals surface area contributed by atoms with E-state index in [1.54, 1.807) is 25.1 Å². The van der Waals surface area contributed by atoms with Crippen molar-refractivity contribution in [2.75, 3.05) is 39.0 Å². The van der Waals surface area contributed by atoms with Gasteiger partial charge in [0.1, 0.15) is 0 Å². The molecule has 0 aromatic heterocycles. The summed E-state index contributed by atoms with van der Waals surface area (Å²) >= 11 is 12.0. The first-order valence-corrected chi connectivity index (χ1v) is 10.5. The van der Waals surface area contributed by atoms with Crippen molar-refractivity contribution in [1.29, 1.82) is 0 Å². The van der Waals surface area contributed by atoms with Crippen molar-refractivity contribution < 1.29 is 18.3 Å². The Morgan fingerprint density at radius 3 is 2.28 bits per heavy atom. The predicted octanol–water partition coefficient (Wildman–Crippen LogP) is 2.30. The summed E-state index contributed by atoms with van der Waals surface area (Å²) < 4.78 is 24.5. The second kappa shape index (κ2) is 7.80. The highest BCUT2D eigenvalue weighted by molar-refractivity contribution is 7.88. The third-order valence-corrected chi connectivity index (χ3v) is 6.80. The van der Waals surface area contributed by atoms with Crippen LogP contribution >= 0.6 is 23.2 Å². The molecule has 9 heteroatoms. The van der Waals surface area contributed by atoms with E-state index in [2.05, 4.69) is 4.90 Å². The van der Waals surface area contributed by atoms with E-state index >= 15 is 0 Å². The highest BCUT2D eigenvalue weighted by atomic mass is 35.5. The number of rotatable bonds is 6. The number of hydrogen-bond donors (Lipinski definition) is 1. The smallest absolute Gasteiger partial charge is 0.313 e. The van der Waals surface area contributed by atoms with Gasteiger partial charge in [-0.15, -0.1) is 0 Å². The number of carbonyl (C=O) groups is 1. The molecule has 0 spiro atoms. The topological polar surface area (TPSA) is 77.9 Å². The maximum atomic E-state index is 11.9. The molecular formula is C16H22Cl2N2O4S. The van der Waals surface area contributed by atoms with E-state index in [0.29, 0.717) is 54.8 Å². The van der Waals surface area contributed by atoms with Crippen molar-refractivity contribution in [3.63, 3.8) is 0 Å². The van der Waals surface area contributed by atoms with Gasteiger partial charge in [0, 0.05) is 26.2 Å². The number of piperazine rings is 1. The molecule has 1 saturated heterocycles. The van der Waals surface area contributed by atoms with E-state index in [9.17, 15) is 18.3 Å². The molecule has 0 saturated carbocycles. The van der Waals surface area contributed by atoms with Gasteiger partial charge in [-0.25, -0.2) is 8.42 Å². The molecule has 25 heavy (non-hydrogen) atoms. The number of carboxylic acids is 1. The van der Waals surface area contributed by atoms with Gasteiger partial charge in [0.25, 0.3) is 0 Å². The lowest BCUT2D eigenvalue weighted by Gasteiger charge is -2.35. The quantitative estimate of drug-likeness (QED) is 0.780. The average molecular weight is 409 g/mol. The number of aliphatic carboxylic acids is 1. The Morgan fingerprint density at radius 2 is 1.80 bits per heavy atom. The minimum absolute atomic E-state index is 0.327. The summed E-state index contributed by atoms with van der Waals surface area (Å²) in [6.07, 6.45) is 1.59. The number of nitrogens with zero attached hydrogens (tertiary/aromatic N) is 2. The Bertz CT molecular complexity index is 749. The third-order valence-electron chi connectivity index (χ3n) is 4.76. The summed E-state index contributed by atoms with van der Waals surface area (Å²) in [6, 6.07) is 4.88. The summed E-state index contributed by atoms with van der Waals surface area (Å²) in [4.78, 5) is 14.0. The zero-order chi connectivity index (χ0) is 18.8. The van der Waals surface area contributed by atoms with Crippen LogP contribution in [0.3, 0.4) is 0 Å². The standard InChI is InChI=1S/C16H22Cl2N2O4S/c1-16(15(21)22,12-3-4-13(17)14(18)11-12)5-6-19-7-9-20(10-8-19)25(2,23)24/h3-4,11H,5-10H2,1-2H3,(H,21,22). The molecule has 140 valence electrons. The minimum Gasteiger partial charge on any atom is -0.481 e. The molecule has 2 rings (SSSR count). The zero-order valence-corrected chi connectivity index (χ0v) is 16.5. The highest BCUT2D eigenvalue weighted by Gasteiger charge is 2.36. The maximum absolute atomic E-state index is 11.9. The van der Waals surface area contributed by atoms with E-state index < -0.39 is 21.4 Å². The molecule has 1 unspecified atom stereocenters. The second-order valence-corrected chi connectivity index (χ2v) is 9.32. The lowest BCUT2D eigenvalue weighted by molar-refractivity contribution is -0.143. The maximum Gasteiger partial charge on any atom is 0.313 e. The fraction of sp³-hybridized carbons (Fsp3) is 0.562. The van der Waals surface area contributed by atoms with Crippen LogP contribution in [0.5, 0.6) is 0 Å². The Hall–Kier alpha value is -0.860. The lowest BCUT2D eigenvalue weighted by Crippen LogP contribution is -2.49. The van der Waals surface area contributed by atoms with Gasteiger partial charge in [-0.2, -0.15) is 4.31 Å². The van der Waals surface area contributed by atoms with E-state index in [4.69, 9.17) is 23.2 Å². The first-order valence-electron chi connectivity index (χ1n) is 7.90. The average Bonchev–Trinajstić information content (AvgIpc) is 2.54. The molecular weight excluding hydrogens is 387 g/mol. The van der Waals surface area contributed by atoms with Crippen molar-refractivity contribution in [1.82, 2.24) is 9.21 Å². The molecule has 0 bridgehead atoms. The highest BCUT2D eigenvalue weighted by Crippen LogP contribution is 2.33. The summed E-state index contributed by atoms with van der Waals surface area (Å²) in [5.41, 5.74) is -0.494. The molecule has 1 aromatic rings. The SMILES string of the molecule is CC(CCN1CCN(S(C)(=O)=O)CC1)(C(=O)O)c1ccc(Cl)c(Cl)c1. The van der Waals surface area contributed by atoms with Gasteiger partial charge in [-0.3, -0.25) is 4.79 Å². The normalized spacial score (nSPS) is 19.5. The van der Waals surface area contributed by atoms with Gasteiger partial charge >= 0.3 is 5.97 Å². The third kappa shape index (κ3) is 4.86. The minimum atomic E-state index is -3.17. The Kier molecular flexibility index (Phi) is 6.38. The van der Waals surface area contributed by atoms with Crippen LogP contribution in [0.2, 0.25) is 10.0 Å². The van der Waals surface area contributed by atoms with Crippen LogP contribution in [0.15, 0.2) is 18.2 Å². The fourth-order valence-electron chi connectivity index (χ4n) is 2.88. The molecule has 1 heterocycles. The summed E-state index contributed by atoms with van der Waals surface area (Å²) in [5, 5.41) is 10.5. The Balaban J connectivity index is 2.05. The van der Waals surface area contributed by atoms with Gasteiger partial charge in [0.2, 0.25) is 10.0 Å². The molecule has 0 radical (unpaired) electrons. The van der Waals surface area contributed by atoms with Crippen LogP contribution in [0.25, 0.3) is 0 Å². The van der Waals surface area contributed by atoms with Gasteiger partial charge in [-0.05, 0) is 37.6 Å². The molecule has 1 aliphatic heterocycles. The second-order valence-electron chi connectivity index (χ2n) is 6.52. The number of benzene rings is 1. The predicted molar refractivity (Wildman–Crippen MR) is 98.9 cm³/mol. The van der Waals surface area contributed by atoms with E-state index in [1.165, 1.54) is 10.6 Å². The van der Waals surface area contributed by atoms with Gasteiger partial charge in [-0.1, -0.05) is 29.3 Å². The lowest BCUT2D eigenvalue weighted by atomic mass is 9.79. The van der Waals surface area contributed by atoms with Crippen molar-refractivity contribution in [3.05, 3.63) is 33.8 Å². The fourth-order valence-corrected chi connectivity index (χ4v) is 4.01. The van der Waals surface area contributed by atoms with Crippen LogP contribution < -0.4 is 0 Å². The van der Waals surface area contributed by atoms with Crippen molar-refractivity contribution >= 4 is 39.2 Å². The van der Waals surface area contributed by atoms with Crippen LogP contribution in [-0.2, 0) is 20.2 Å². The summed E-state index contributed by atoms with van der Waals surface area (Å²) in [7, 11) is -3.17. The Morgan fingerprint density at radius 1 is 1.20 bits per heavy atom. The van der Waals surface area contributed by atoms with E-state index in [-0.39, 0.29) is 0 Å². The summed E-state index contributed by atoms with van der Waals surface area (Å²) in [5.74, 6) is -0.930. The molecule has 6 nitrogen and oxygen atoms in total. The summed E-state index contributed by atoms with van der Waals surface area (Å²) in [6.45, 7) is 4.25. The number of hydrogen-bond acceptors (Lipinski definition) is 4. The molecule has 0 amide bonds.